The Labute approximate surface area is 174 Å². The molecule has 0 saturated heterocycles. The fraction of sp³-hybridized carbons (Fsp3) is 0.480. The first kappa shape index (κ1) is 22.8. The van der Waals surface area contributed by atoms with Crippen molar-refractivity contribution < 1.29 is 19.1 Å². The molecule has 29 heavy (non-hydrogen) atoms. The van der Waals surface area contributed by atoms with Crippen LogP contribution >= 0.6 is 0 Å². The number of hydrogen-bond acceptors (Lipinski definition) is 4. The van der Waals surface area contributed by atoms with Crippen LogP contribution in [0.25, 0.3) is 0 Å². The van der Waals surface area contributed by atoms with Crippen molar-refractivity contribution in [2.75, 3.05) is 0 Å². The molecule has 1 aliphatic heterocycles. The van der Waals surface area contributed by atoms with Crippen molar-refractivity contribution in [2.45, 2.75) is 66.2 Å². The summed E-state index contributed by atoms with van der Waals surface area (Å²) in [4.78, 5) is 11.4. The first-order valence-corrected chi connectivity index (χ1v) is 10.6. The highest BCUT2D eigenvalue weighted by atomic mass is 16.6. The maximum Gasteiger partial charge on any atom is 0.343 e. The first-order chi connectivity index (χ1) is 13.9. The smallest absolute Gasteiger partial charge is 0.343 e. The number of furan rings is 1. The molecule has 2 rings (SSSR count). The molecule has 158 valence electrons. The van der Waals surface area contributed by atoms with E-state index < -0.39 is 5.97 Å². The van der Waals surface area contributed by atoms with Gasteiger partial charge in [-0.05, 0) is 75.5 Å². The molecule has 4 heteroatoms. The number of cyclic esters (lactones) is 1. The predicted octanol–water partition coefficient (Wildman–Crippen LogP) is 6.82. The molecule has 0 radical (unpaired) electrons. The summed E-state index contributed by atoms with van der Waals surface area (Å²) in [5.74, 6) is 0.597. The molecule has 0 saturated carbocycles. The Morgan fingerprint density at radius 3 is 2.62 bits per heavy atom. The summed E-state index contributed by atoms with van der Waals surface area (Å²) in [6.07, 6.45) is 18.5. The van der Waals surface area contributed by atoms with Crippen molar-refractivity contribution in [1.82, 2.24) is 0 Å². The van der Waals surface area contributed by atoms with E-state index in [1.807, 2.05) is 18.4 Å². The maximum atomic E-state index is 11.4. The van der Waals surface area contributed by atoms with Crippen LogP contribution in [0.1, 0.15) is 65.4 Å². The Morgan fingerprint density at radius 2 is 1.97 bits per heavy atom. The number of carbonyl (C=O) groups is 1. The molecule has 1 N–H and O–H groups in total. The third kappa shape index (κ3) is 7.80. The van der Waals surface area contributed by atoms with Crippen LogP contribution < -0.4 is 0 Å². The van der Waals surface area contributed by atoms with Crippen LogP contribution in [0.15, 0.2) is 70.0 Å². The number of aliphatic hydroxyl groups is 1. The summed E-state index contributed by atoms with van der Waals surface area (Å²) in [7, 11) is 0. The van der Waals surface area contributed by atoms with Crippen LogP contribution in [0.4, 0.5) is 0 Å². The quantitative estimate of drug-likeness (QED) is 0.328. The Balaban J connectivity index is 1.64. The number of aryl methyl sites for hydroxylation is 1. The Bertz CT molecular complexity index is 778. The van der Waals surface area contributed by atoms with Crippen LogP contribution in [0, 0.1) is 11.8 Å². The average Bonchev–Trinajstić information content (AvgIpc) is 3.27. The summed E-state index contributed by atoms with van der Waals surface area (Å²) < 4.78 is 10.2. The van der Waals surface area contributed by atoms with Crippen LogP contribution in [-0.2, 0) is 16.0 Å². The zero-order chi connectivity index (χ0) is 21.2. The lowest BCUT2D eigenvalue weighted by Crippen LogP contribution is -1.98. The molecule has 0 amide bonds. The fourth-order valence-corrected chi connectivity index (χ4v) is 3.32. The van der Waals surface area contributed by atoms with Gasteiger partial charge in [-0.2, -0.15) is 0 Å². The lowest BCUT2D eigenvalue weighted by Gasteiger charge is -2.10. The first-order valence-electron chi connectivity index (χ1n) is 10.6. The van der Waals surface area contributed by atoms with Crippen molar-refractivity contribution in [2.24, 2.45) is 11.8 Å². The molecule has 4 nitrogen and oxygen atoms in total. The number of hydrogen-bond donors (Lipinski definition) is 1. The van der Waals surface area contributed by atoms with Gasteiger partial charge in [-0.1, -0.05) is 44.1 Å². The SMILES string of the molecule is CC(=CC=C[C@@H](C)CCC[C@@H](C)C=C1OC(=O)C(C)=C1O)CCCc1ccoc1. The normalized spacial score (nSPS) is 18.7. The summed E-state index contributed by atoms with van der Waals surface area (Å²) in [6.45, 7) is 8.07. The second-order valence-electron chi connectivity index (χ2n) is 8.16. The minimum Gasteiger partial charge on any atom is -0.504 e. The molecule has 0 aromatic carbocycles. The second kappa shape index (κ2) is 11.5. The molecule has 0 aliphatic carbocycles. The number of rotatable bonds is 11. The van der Waals surface area contributed by atoms with Gasteiger partial charge in [-0.25, -0.2) is 4.79 Å². The van der Waals surface area contributed by atoms with Gasteiger partial charge in [0, 0.05) is 0 Å². The molecular formula is C25H34O4. The highest BCUT2D eigenvalue weighted by Gasteiger charge is 2.26. The maximum absolute atomic E-state index is 11.4. The van der Waals surface area contributed by atoms with E-state index in [9.17, 15) is 9.90 Å². The lowest BCUT2D eigenvalue weighted by atomic mass is 9.97. The van der Waals surface area contributed by atoms with E-state index in [2.05, 4.69) is 39.0 Å². The van der Waals surface area contributed by atoms with Crippen LogP contribution in [-0.4, -0.2) is 11.1 Å². The molecule has 2 heterocycles. The predicted molar refractivity (Wildman–Crippen MR) is 116 cm³/mol. The fourth-order valence-electron chi connectivity index (χ4n) is 3.32. The zero-order valence-corrected chi connectivity index (χ0v) is 18.1. The summed E-state index contributed by atoms with van der Waals surface area (Å²) >= 11 is 0. The Kier molecular flexibility index (Phi) is 9.04. The molecule has 2 atom stereocenters. The molecule has 1 aromatic rings. The van der Waals surface area contributed by atoms with Gasteiger partial charge in [0.25, 0.3) is 0 Å². The molecule has 0 spiro atoms. The number of allylic oxidation sites excluding steroid dienone is 5. The van der Waals surface area contributed by atoms with E-state index in [0.29, 0.717) is 11.7 Å². The van der Waals surface area contributed by atoms with E-state index >= 15 is 0 Å². The van der Waals surface area contributed by atoms with Crippen molar-refractivity contribution in [3.8, 4) is 0 Å². The van der Waals surface area contributed by atoms with Gasteiger partial charge >= 0.3 is 5.97 Å². The van der Waals surface area contributed by atoms with Gasteiger partial charge in [-0.15, -0.1) is 0 Å². The van der Waals surface area contributed by atoms with E-state index in [1.54, 1.807) is 13.2 Å². The summed E-state index contributed by atoms with van der Waals surface area (Å²) in [6, 6.07) is 2.03. The molecule has 1 aromatic heterocycles. The van der Waals surface area contributed by atoms with Gasteiger partial charge in [0.15, 0.2) is 11.5 Å². The van der Waals surface area contributed by atoms with Crippen molar-refractivity contribution in [3.63, 3.8) is 0 Å². The lowest BCUT2D eigenvalue weighted by molar-refractivity contribution is -0.133. The Hall–Kier alpha value is -2.49. The van der Waals surface area contributed by atoms with E-state index in [4.69, 9.17) is 9.15 Å². The standard InChI is InChI=1S/C25H34O4/c1-18(8-5-9-19(2)11-7-13-22-14-15-28-17-22)10-6-12-20(3)16-23-24(26)21(4)25(27)29-23/h5,8-9,14-18,20,26H,6-7,10-13H2,1-4H3/t18-,20-/m1/s1. The van der Waals surface area contributed by atoms with Crippen LogP contribution in [0.5, 0.6) is 0 Å². The Morgan fingerprint density at radius 1 is 1.21 bits per heavy atom. The van der Waals surface area contributed by atoms with Gasteiger partial charge in [-0.3, -0.25) is 0 Å². The van der Waals surface area contributed by atoms with Gasteiger partial charge in [0.2, 0.25) is 0 Å². The monoisotopic (exact) mass is 398 g/mol. The third-order valence-electron chi connectivity index (χ3n) is 5.29. The molecule has 0 bridgehead atoms. The molecule has 0 unspecified atom stereocenters. The van der Waals surface area contributed by atoms with Crippen LogP contribution in [0.2, 0.25) is 0 Å². The van der Waals surface area contributed by atoms with Gasteiger partial charge in [0.05, 0.1) is 18.1 Å². The average molecular weight is 399 g/mol. The number of esters is 1. The second-order valence-corrected chi connectivity index (χ2v) is 8.16. The van der Waals surface area contributed by atoms with Crippen molar-refractivity contribution >= 4 is 5.97 Å². The van der Waals surface area contributed by atoms with Gasteiger partial charge < -0.3 is 14.3 Å². The largest absolute Gasteiger partial charge is 0.504 e. The minimum atomic E-state index is -0.454. The van der Waals surface area contributed by atoms with Crippen molar-refractivity contribution in [3.05, 3.63) is 71.1 Å². The van der Waals surface area contributed by atoms with Gasteiger partial charge in [0.1, 0.15) is 0 Å². The zero-order valence-electron chi connectivity index (χ0n) is 18.1. The number of aliphatic hydroxyl groups excluding tert-OH is 1. The number of carbonyl (C=O) groups excluding carboxylic acids is 1. The number of ether oxygens (including phenoxy) is 1. The highest BCUT2D eigenvalue weighted by molar-refractivity contribution is 5.93. The van der Waals surface area contributed by atoms with Crippen LogP contribution in [0.3, 0.4) is 0 Å². The summed E-state index contributed by atoms with van der Waals surface area (Å²) in [5, 5.41) is 9.88. The van der Waals surface area contributed by atoms with E-state index in [0.717, 1.165) is 38.5 Å². The van der Waals surface area contributed by atoms with Crippen molar-refractivity contribution in [1.29, 1.82) is 0 Å². The molecule has 0 fully saturated rings. The third-order valence-corrected chi connectivity index (χ3v) is 5.29. The topological polar surface area (TPSA) is 59.7 Å². The summed E-state index contributed by atoms with van der Waals surface area (Å²) in [5.41, 5.74) is 2.94. The minimum absolute atomic E-state index is 0.0231. The van der Waals surface area contributed by atoms with E-state index in [-0.39, 0.29) is 17.3 Å². The molecular weight excluding hydrogens is 364 g/mol. The van der Waals surface area contributed by atoms with E-state index in [1.165, 1.54) is 11.1 Å². The molecule has 1 aliphatic rings. The highest BCUT2D eigenvalue weighted by Crippen LogP contribution is 2.26.